The van der Waals surface area contributed by atoms with Crippen LogP contribution in [0.2, 0.25) is 0 Å². The zero-order chi connectivity index (χ0) is 14.3. The van der Waals surface area contributed by atoms with Gasteiger partial charge in [-0.15, -0.1) is 0 Å². The summed E-state index contributed by atoms with van der Waals surface area (Å²) in [6.45, 7) is 0. The number of nitrogens with zero attached hydrogens (tertiary/aromatic N) is 3. The van der Waals surface area contributed by atoms with Crippen LogP contribution in [0.1, 0.15) is 37.4 Å². The standard InChI is InChI=1S/C15H23N3O2/c1-16(2)12-9-7-11(8-10-12)15-17(19)13-5-3-4-6-14(13)18(15)20/h7-10,13-15,19-20H,3-6H2,1-2H3/t13-,14-/m1/s1. The Kier molecular flexibility index (Phi) is 3.69. The van der Waals surface area contributed by atoms with Crippen LogP contribution in [-0.2, 0) is 0 Å². The quantitative estimate of drug-likeness (QED) is 0.869. The number of hydroxylamine groups is 4. The van der Waals surface area contributed by atoms with Crippen LogP contribution in [0, 0.1) is 0 Å². The molecule has 0 radical (unpaired) electrons. The second-order valence-corrected chi connectivity index (χ2v) is 6.04. The second-order valence-electron chi connectivity index (χ2n) is 6.04. The molecule has 1 aromatic carbocycles. The molecule has 110 valence electrons. The molecule has 3 rings (SSSR count). The second kappa shape index (κ2) is 5.33. The number of benzene rings is 1. The monoisotopic (exact) mass is 277 g/mol. The normalized spacial score (nSPS) is 28.6. The summed E-state index contributed by atoms with van der Waals surface area (Å²) in [4.78, 5) is 2.03. The van der Waals surface area contributed by atoms with E-state index in [9.17, 15) is 10.4 Å². The van der Waals surface area contributed by atoms with Crippen molar-refractivity contribution < 1.29 is 10.4 Å². The number of anilines is 1. The van der Waals surface area contributed by atoms with E-state index in [1.807, 2.05) is 43.3 Å². The van der Waals surface area contributed by atoms with Gasteiger partial charge < -0.3 is 15.3 Å². The van der Waals surface area contributed by atoms with Crippen LogP contribution in [0.15, 0.2) is 24.3 Å². The summed E-state index contributed by atoms with van der Waals surface area (Å²) in [6.07, 6.45) is 3.70. The van der Waals surface area contributed by atoms with Gasteiger partial charge in [0, 0.05) is 19.8 Å². The van der Waals surface area contributed by atoms with Gasteiger partial charge >= 0.3 is 0 Å². The minimum absolute atomic E-state index is 0.0484. The summed E-state index contributed by atoms with van der Waals surface area (Å²) in [5.74, 6) is 0. The first-order chi connectivity index (χ1) is 9.59. The predicted molar refractivity (Wildman–Crippen MR) is 76.8 cm³/mol. The average Bonchev–Trinajstić information content (AvgIpc) is 2.72. The van der Waals surface area contributed by atoms with Gasteiger partial charge in [-0.2, -0.15) is 10.1 Å². The molecule has 1 heterocycles. The maximum absolute atomic E-state index is 10.4. The SMILES string of the molecule is CN(C)c1ccc(C2N(O)[C@@H]3CCCC[C@H]3N2O)cc1. The van der Waals surface area contributed by atoms with E-state index in [4.69, 9.17) is 0 Å². The Bertz CT molecular complexity index is 445. The highest BCUT2D eigenvalue weighted by molar-refractivity contribution is 5.46. The molecule has 0 bridgehead atoms. The van der Waals surface area contributed by atoms with E-state index >= 15 is 0 Å². The zero-order valence-corrected chi connectivity index (χ0v) is 12.1. The van der Waals surface area contributed by atoms with Gasteiger partial charge in [0.1, 0.15) is 6.17 Å². The van der Waals surface area contributed by atoms with Crippen molar-refractivity contribution in [2.75, 3.05) is 19.0 Å². The van der Waals surface area contributed by atoms with Gasteiger partial charge in [0.25, 0.3) is 0 Å². The van der Waals surface area contributed by atoms with E-state index < -0.39 is 6.17 Å². The third kappa shape index (κ3) is 2.20. The minimum atomic E-state index is -0.445. The van der Waals surface area contributed by atoms with Crippen LogP contribution < -0.4 is 4.90 Å². The van der Waals surface area contributed by atoms with Crippen molar-refractivity contribution >= 4 is 5.69 Å². The first-order valence-electron chi connectivity index (χ1n) is 7.31. The van der Waals surface area contributed by atoms with Crippen LogP contribution in [0.3, 0.4) is 0 Å². The molecule has 1 saturated carbocycles. The lowest BCUT2D eigenvalue weighted by Crippen LogP contribution is -2.37. The molecule has 1 saturated heterocycles. The fourth-order valence-corrected chi connectivity index (χ4v) is 3.44. The summed E-state index contributed by atoms with van der Waals surface area (Å²) >= 11 is 0. The Labute approximate surface area is 119 Å². The molecule has 2 atom stereocenters. The van der Waals surface area contributed by atoms with E-state index in [1.54, 1.807) is 0 Å². The van der Waals surface area contributed by atoms with Crippen molar-refractivity contribution in [2.45, 2.75) is 43.9 Å². The van der Waals surface area contributed by atoms with Gasteiger partial charge in [0.05, 0.1) is 12.1 Å². The third-order valence-corrected chi connectivity index (χ3v) is 4.58. The largest absolute Gasteiger partial charge is 0.378 e. The third-order valence-electron chi connectivity index (χ3n) is 4.58. The van der Waals surface area contributed by atoms with Crippen LogP contribution >= 0.6 is 0 Å². The van der Waals surface area contributed by atoms with Gasteiger partial charge in [-0.3, -0.25) is 0 Å². The fourth-order valence-electron chi connectivity index (χ4n) is 3.44. The highest BCUT2D eigenvalue weighted by atomic mass is 16.6. The molecular weight excluding hydrogens is 254 g/mol. The summed E-state index contributed by atoms with van der Waals surface area (Å²) in [5, 5.41) is 23.5. The smallest absolute Gasteiger partial charge is 0.136 e. The summed E-state index contributed by atoms with van der Waals surface area (Å²) in [6, 6.07) is 8.07. The van der Waals surface area contributed by atoms with Gasteiger partial charge in [0.2, 0.25) is 0 Å². The molecule has 0 unspecified atom stereocenters. The summed E-state index contributed by atoms with van der Waals surface area (Å²) in [7, 11) is 3.99. The number of rotatable bonds is 2. The molecule has 0 aromatic heterocycles. The lowest BCUT2D eigenvalue weighted by atomic mass is 9.91. The van der Waals surface area contributed by atoms with Crippen molar-refractivity contribution in [3.63, 3.8) is 0 Å². The lowest BCUT2D eigenvalue weighted by molar-refractivity contribution is -0.211. The van der Waals surface area contributed by atoms with Crippen molar-refractivity contribution in [3.05, 3.63) is 29.8 Å². The van der Waals surface area contributed by atoms with Gasteiger partial charge in [-0.05, 0) is 30.5 Å². The highest BCUT2D eigenvalue weighted by Crippen LogP contribution is 2.41. The Morgan fingerprint density at radius 1 is 0.950 bits per heavy atom. The first kappa shape index (κ1) is 13.8. The Morgan fingerprint density at radius 2 is 1.45 bits per heavy atom. The molecule has 1 aromatic rings. The number of fused-ring (bicyclic) bond motifs is 1. The molecule has 2 aliphatic rings. The van der Waals surface area contributed by atoms with Crippen molar-refractivity contribution in [2.24, 2.45) is 0 Å². The fraction of sp³-hybridized carbons (Fsp3) is 0.600. The van der Waals surface area contributed by atoms with Crippen LogP contribution in [0.25, 0.3) is 0 Å². The molecule has 5 nitrogen and oxygen atoms in total. The Balaban J connectivity index is 1.85. The van der Waals surface area contributed by atoms with Crippen molar-refractivity contribution in [3.8, 4) is 0 Å². The first-order valence-corrected chi connectivity index (χ1v) is 7.31. The molecule has 20 heavy (non-hydrogen) atoms. The van der Waals surface area contributed by atoms with E-state index in [2.05, 4.69) is 0 Å². The Morgan fingerprint density at radius 3 is 1.90 bits per heavy atom. The van der Waals surface area contributed by atoms with Crippen LogP contribution in [-0.4, -0.2) is 46.7 Å². The van der Waals surface area contributed by atoms with Crippen LogP contribution in [0.4, 0.5) is 5.69 Å². The molecule has 2 fully saturated rings. The van der Waals surface area contributed by atoms with Gasteiger partial charge in [0.15, 0.2) is 0 Å². The minimum Gasteiger partial charge on any atom is -0.378 e. The highest BCUT2D eigenvalue weighted by Gasteiger charge is 2.47. The van der Waals surface area contributed by atoms with Crippen LogP contribution in [0.5, 0.6) is 0 Å². The van der Waals surface area contributed by atoms with E-state index in [-0.39, 0.29) is 12.1 Å². The number of hydrogen-bond donors (Lipinski definition) is 2. The summed E-state index contributed by atoms with van der Waals surface area (Å²) in [5.41, 5.74) is 2.04. The molecule has 5 heteroatoms. The predicted octanol–water partition coefficient (Wildman–Crippen LogP) is 2.46. The molecular formula is C15H23N3O2. The molecule has 1 aliphatic heterocycles. The maximum atomic E-state index is 10.4. The molecule has 0 amide bonds. The van der Waals surface area contributed by atoms with E-state index in [0.29, 0.717) is 0 Å². The number of hydrogen-bond acceptors (Lipinski definition) is 5. The summed E-state index contributed by atoms with van der Waals surface area (Å²) < 4.78 is 0. The van der Waals surface area contributed by atoms with E-state index in [1.165, 1.54) is 10.1 Å². The van der Waals surface area contributed by atoms with Crippen molar-refractivity contribution in [1.29, 1.82) is 0 Å². The topological polar surface area (TPSA) is 50.2 Å². The molecule has 2 N–H and O–H groups in total. The van der Waals surface area contributed by atoms with Crippen molar-refractivity contribution in [1.82, 2.24) is 10.1 Å². The molecule has 1 aliphatic carbocycles. The van der Waals surface area contributed by atoms with Gasteiger partial charge in [-0.25, -0.2) is 0 Å². The Hall–Kier alpha value is -1.14. The maximum Gasteiger partial charge on any atom is 0.136 e. The molecule has 0 spiro atoms. The lowest BCUT2D eigenvalue weighted by Gasteiger charge is -2.27. The van der Waals surface area contributed by atoms with E-state index in [0.717, 1.165) is 36.9 Å². The average molecular weight is 277 g/mol. The zero-order valence-electron chi connectivity index (χ0n) is 12.1. The van der Waals surface area contributed by atoms with Gasteiger partial charge in [-0.1, -0.05) is 25.0 Å².